The van der Waals surface area contributed by atoms with Gasteiger partial charge in [0.05, 0.1) is 18.7 Å². The van der Waals surface area contributed by atoms with Crippen molar-refractivity contribution in [3.8, 4) is 17.2 Å². The third-order valence-electron chi connectivity index (χ3n) is 6.08. The number of amides is 1. The van der Waals surface area contributed by atoms with Gasteiger partial charge in [0.25, 0.3) is 0 Å². The van der Waals surface area contributed by atoms with Crippen LogP contribution in [0.15, 0.2) is 78.9 Å². The topological polar surface area (TPSA) is 94.5 Å². The van der Waals surface area contributed by atoms with E-state index >= 15 is 0 Å². The molecule has 3 aromatic rings. The molecule has 0 spiro atoms. The van der Waals surface area contributed by atoms with Crippen LogP contribution in [0.25, 0.3) is 0 Å². The summed E-state index contributed by atoms with van der Waals surface area (Å²) < 4.78 is 61.3. The van der Waals surface area contributed by atoms with Crippen molar-refractivity contribution in [2.24, 2.45) is 0 Å². The highest BCUT2D eigenvalue weighted by Crippen LogP contribution is 2.31. The second-order valence-electron chi connectivity index (χ2n) is 9.23. The molecule has 1 unspecified atom stereocenters. The fraction of sp³-hybridized carbons (Fsp3) is 0.355. The van der Waals surface area contributed by atoms with Gasteiger partial charge >= 0.3 is 18.2 Å². The number of alkyl halides is 3. The number of halogens is 3. The van der Waals surface area contributed by atoms with Gasteiger partial charge in [-0.15, -0.1) is 0 Å². The van der Waals surface area contributed by atoms with Crippen molar-refractivity contribution in [2.75, 3.05) is 32.9 Å². The first-order chi connectivity index (χ1) is 20.2. The van der Waals surface area contributed by atoms with Crippen molar-refractivity contribution in [1.82, 2.24) is 4.90 Å². The second-order valence-corrected chi connectivity index (χ2v) is 9.23. The zero-order chi connectivity index (χ0) is 30.4. The summed E-state index contributed by atoms with van der Waals surface area (Å²) >= 11 is 0. The Morgan fingerprint density at radius 3 is 2.17 bits per heavy atom. The number of rotatable bonds is 16. The maximum atomic E-state index is 13.1. The Morgan fingerprint density at radius 2 is 1.50 bits per heavy atom. The van der Waals surface area contributed by atoms with E-state index in [1.165, 1.54) is 17.0 Å². The van der Waals surface area contributed by atoms with Crippen LogP contribution in [0.5, 0.6) is 17.2 Å². The van der Waals surface area contributed by atoms with Crippen LogP contribution >= 0.6 is 0 Å². The molecule has 0 aliphatic carbocycles. The molecule has 226 valence electrons. The molecule has 0 saturated carbocycles. The molecule has 0 aliphatic rings. The first-order valence-corrected chi connectivity index (χ1v) is 13.5. The summed E-state index contributed by atoms with van der Waals surface area (Å²) in [5.74, 6) is -0.0185. The molecule has 1 amide bonds. The van der Waals surface area contributed by atoms with Crippen LogP contribution in [-0.2, 0) is 22.1 Å². The Kier molecular flexibility index (Phi) is 12.5. The van der Waals surface area contributed by atoms with Gasteiger partial charge in [-0.25, -0.2) is 9.59 Å². The molecule has 42 heavy (non-hydrogen) atoms. The van der Waals surface area contributed by atoms with Crippen molar-refractivity contribution in [2.45, 2.75) is 38.5 Å². The number of carbonyl (C=O) groups excluding carboxylic acids is 1. The van der Waals surface area contributed by atoms with E-state index in [9.17, 15) is 27.9 Å². The van der Waals surface area contributed by atoms with Crippen molar-refractivity contribution < 1.29 is 46.8 Å². The zero-order valence-corrected chi connectivity index (χ0v) is 23.2. The molecule has 3 rings (SSSR count). The highest BCUT2D eigenvalue weighted by atomic mass is 19.4. The van der Waals surface area contributed by atoms with Gasteiger partial charge in [0.15, 0.2) is 6.10 Å². The van der Waals surface area contributed by atoms with Gasteiger partial charge in [-0.3, -0.25) is 0 Å². The average molecular weight is 590 g/mol. The molecule has 0 fully saturated rings. The highest BCUT2D eigenvalue weighted by Gasteiger charge is 2.31. The van der Waals surface area contributed by atoms with E-state index in [4.69, 9.17) is 18.9 Å². The van der Waals surface area contributed by atoms with E-state index in [0.717, 1.165) is 23.4 Å². The molecule has 3 aromatic carbocycles. The van der Waals surface area contributed by atoms with Gasteiger partial charge in [0.1, 0.15) is 23.9 Å². The number of carboxylic acid groups (broad SMARTS) is 1. The molecule has 0 radical (unpaired) electrons. The smallest absolute Gasteiger partial charge is 0.416 e. The van der Waals surface area contributed by atoms with Gasteiger partial charge in [-0.1, -0.05) is 36.4 Å². The lowest BCUT2D eigenvalue weighted by Crippen LogP contribution is -2.37. The third kappa shape index (κ3) is 11.0. The zero-order valence-electron chi connectivity index (χ0n) is 23.2. The maximum Gasteiger partial charge on any atom is 0.416 e. The number of benzene rings is 3. The number of carboxylic acids is 1. The molecule has 0 heterocycles. The lowest BCUT2D eigenvalue weighted by Gasteiger charge is -2.22. The number of nitrogens with zero attached hydrogens (tertiary/aromatic N) is 1. The number of aliphatic carboxylic acids is 1. The number of carbonyl (C=O) groups is 2. The summed E-state index contributed by atoms with van der Waals surface area (Å²) in [6.45, 7) is 2.91. The van der Waals surface area contributed by atoms with Crippen LogP contribution in [0.4, 0.5) is 18.0 Å². The normalized spacial score (nSPS) is 11.9. The Hall–Kier alpha value is -4.25. The lowest BCUT2D eigenvalue weighted by atomic mass is 10.1. The molecule has 0 saturated heterocycles. The summed E-state index contributed by atoms with van der Waals surface area (Å²) in [7, 11) is 0. The Morgan fingerprint density at radius 1 is 0.833 bits per heavy atom. The molecule has 11 heteroatoms. The standard InChI is InChI=1S/C31H34F3NO7/c1-2-39-28(29(36)37)21-23-13-15-26(16-14-23)41-20-18-35(17-6-7-19-40-25-10-4-3-5-11-25)30(38)42-27-12-8-9-24(22-27)31(32,33)34/h3-5,8-16,22,28H,2,6-7,17-21H2,1H3,(H,36,37). The monoisotopic (exact) mass is 589 g/mol. The Bertz CT molecular complexity index is 1250. The number of ether oxygens (including phenoxy) is 4. The molecule has 1 N–H and O–H groups in total. The molecular weight excluding hydrogens is 555 g/mol. The largest absolute Gasteiger partial charge is 0.494 e. The summed E-state index contributed by atoms with van der Waals surface area (Å²) in [5.41, 5.74) is -0.160. The second kappa shape index (κ2) is 16.3. The van der Waals surface area contributed by atoms with Gasteiger partial charge in [0, 0.05) is 19.6 Å². The van der Waals surface area contributed by atoms with Gasteiger partial charge in [-0.2, -0.15) is 13.2 Å². The number of para-hydroxylation sites is 1. The summed E-state index contributed by atoms with van der Waals surface area (Å²) in [6, 6.07) is 20.3. The first kappa shape index (κ1) is 32.3. The van der Waals surface area contributed by atoms with E-state index in [1.807, 2.05) is 30.3 Å². The minimum atomic E-state index is -4.57. The van der Waals surface area contributed by atoms with Crippen molar-refractivity contribution in [3.05, 3.63) is 90.0 Å². The van der Waals surface area contributed by atoms with E-state index in [1.54, 1.807) is 31.2 Å². The number of hydrogen-bond acceptors (Lipinski definition) is 6. The van der Waals surface area contributed by atoms with Crippen LogP contribution in [0.2, 0.25) is 0 Å². The first-order valence-electron chi connectivity index (χ1n) is 13.5. The molecule has 8 nitrogen and oxygen atoms in total. The third-order valence-corrected chi connectivity index (χ3v) is 6.08. The van der Waals surface area contributed by atoms with Crippen molar-refractivity contribution in [3.63, 3.8) is 0 Å². The number of unbranched alkanes of at least 4 members (excludes halogenated alkanes) is 1. The molecule has 0 bridgehead atoms. The van der Waals surface area contributed by atoms with Crippen molar-refractivity contribution in [1.29, 1.82) is 0 Å². The SMILES string of the molecule is CCOC(Cc1ccc(OCCN(CCCCOc2ccccc2)C(=O)Oc2cccc(C(F)(F)F)c2)cc1)C(=O)O. The van der Waals surface area contributed by atoms with Crippen LogP contribution in [0, 0.1) is 0 Å². The molecule has 0 aromatic heterocycles. The maximum absolute atomic E-state index is 13.1. The summed E-state index contributed by atoms with van der Waals surface area (Å²) in [4.78, 5) is 25.6. The average Bonchev–Trinajstić information content (AvgIpc) is 2.97. The fourth-order valence-corrected chi connectivity index (χ4v) is 3.94. The van der Waals surface area contributed by atoms with Gasteiger partial charge in [-0.05, 0) is 67.8 Å². The van der Waals surface area contributed by atoms with Gasteiger partial charge < -0.3 is 29.0 Å². The summed E-state index contributed by atoms with van der Waals surface area (Å²) in [6.07, 6.45) is -4.92. The van der Waals surface area contributed by atoms with Crippen LogP contribution in [0.3, 0.4) is 0 Å². The summed E-state index contributed by atoms with van der Waals surface area (Å²) in [5, 5.41) is 9.27. The fourth-order valence-electron chi connectivity index (χ4n) is 3.94. The minimum absolute atomic E-state index is 0.0915. The molecule has 0 aliphatic heterocycles. The van der Waals surface area contributed by atoms with E-state index in [0.29, 0.717) is 25.2 Å². The van der Waals surface area contributed by atoms with Crippen LogP contribution in [0.1, 0.15) is 30.9 Å². The minimum Gasteiger partial charge on any atom is -0.494 e. The lowest BCUT2D eigenvalue weighted by molar-refractivity contribution is -0.150. The van der Waals surface area contributed by atoms with Crippen LogP contribution < -0.4 is 14.2 Å². The highest BCUT2D eigenvalue weighted by molar-refractivity contribution is 5.72. The molecular formula is C31H34F3NO7. The quantitative estimate of drug-likeness (QED) is 0.191. The van der Waals surface area contributed by atoms with Crippen molar-refractivity contribution >= 4 is 12.1 Å². The predicted octanol–water partition coefficient (Wildman–Crippen LogP) is 6.48. The number of hydrogen-bond donors (Lipinski definition) is 1. The van der Waals surface area contributed by atoms with E-state index < -0.39 is 29.9 Å². The molecule has 1 atom stereocenters. The Balaban J connectivity index is 1.56. The Labute approximate surface area is 242 Å². The van der Waals surface area contributed by atoms with Gasteiger partial charge in [0.2, 0.25) is 0 Å². The predicted molar refractivity (Wildman–Crippen MR) is 149 cm³/mol. The van der Waals surface area contributed by atoms with Crippen LogP contribution in [-0.4, -0.2) is 61.1 Å². The van der Waals surface area contributed by atoms with E-state index in [2.05, 4.69) is 0 Å². The van der Waals surface area contributed by atoms with E-state index in [-0.39, 0.29) is 38.5 Å².